The van der Waals surface area contributed by atoms with Crippen molar-refractivity contribution < 1.29 is 0 Å². The number of nitrogens with one attached hydrogen (secondary N) is 3. The van der Waals surface area contributed by atoms with Crippen LogP contribution >= 0.6 is 11.6 Å². The third-order valence-corrected chi connectivity index (χ3v) is 3.78. The van der Waals surface area contributed by atoms with Crippen molar-refractivity contribution in [3.05, 3.63) is 48.0 Å². The van der Waals surface area contributed by atoms with Crippen molar-refractivity contribution in [2.75, 3.05) is 17.3 Å². The van der Waals surface area contributed by atoms with Gasteiger partial charge in [0.25, 0.3) is 0 Å². The van der Waals surface area contributed by atoms with E-state index in [1.54, 1.807) is 12.4 Å². The van der Waals surface area contributed by atoms with Crippen LogP contribution in [-0.4, -0.2) is 37.2 Å². The number of hydrogen-bond donors (Lipinski definition) is 3. The zero-order valence-corrected chi connectivity index (χ0v) is 13.4. The molecular formula is C15H13ClN8. The molecule has 0 saturated heterocycles. The molecule has 0 aliphatic carbocycles. The number of H-pyrrole nitrogens is 2. The van der Waals surface area contributed by atoms with Gasteiger partial charge in [0.05, 0.1) is 0 Å². The van der Waals surface area contributed by atoms with E-state index in [0.717, 1.165) is 11.1 Å². The molecule has 3 N–H and O–H groups in total. The van der Waals surface area contributed by atoms with Crippen LogP contribution in [0.25, 0.3) is 11.0 Å². The van der Waals surface area contributed by atoms with E-state index in [0.29, 0.717) is 28.3 Å². The molecule has 0 aliphatic heterocycles. The van der Waals surface area contributed by atoms with Gasteiger partial charge < -0.3 is 10.3 Å². The number of anilines is 4. The third-order valence-electron chi connectivity index (χ3n) is 3.55. The largest absolute Gasteiger partial charge is 0.339 e. The summed E-state index contributed by atoms with van der Waals surface area (Å²) in [6.45, 7) is 0. The quantitative estimate of drug-likeness (QED) is 0.527. The van der Waals surface area contributed by atoms with E-state index < -0.39 is 0 Å². The lowest BCUT2D eigenvalue weighted by molar-refractivity contribution is 1.01. The SMILES string of the molecule is CN(c1ncc[nH]1)c1n[nH]c2ncnc(Nc3cccc(Cl)c3)c12. The molecule has 3 aromatic heterocycles. The van der Waals surface area contributed by atoms with Crippen LogP contribution in [0.1, 0.15) is 0 Å². The Morgan fingerprint density at radius 2 is 2.12 bits per heavy atom. The average molecular weight is 341 g/mol. The molecular weight excluding hydrogens is 328 g/mol. The molecule has 24 heavy (non-hydrogen) atoms. The molecule has 4 aromatic rings. The van der Waals surface area contributed by atoms with Crippen molar-refractivity contribution in [2.45, 2.75) is 0 Å². The second kappa shape index (κ2) is 5.82. The molecule has 8 nitrogen and oxygen atoms in total. The van der Waals surface area contributed by atoms with Crippen LogP contribution < -0.4 is 10.2 Å². The van der Waals surface area contributed by atoms with E-state index in [9.17, 15) is 0 Å². The minimum Gasteiger partial charge on any atom is -0.339 e. The second-order valence-corrected chi connectivity index (χ2v) is 5.54. The highest BCUT2D eigenvalue weighted by Gasteiger charge is 2.18. The van der Waals surface area contributed by atoms with Gasteiger partial charge in [0.15, 0.2) is 11.5 Å². The zero-order valence-electron chi connectivity index (χ0n) is 12.7. The predicted octanol–water partition coefficient (Wildman–Crippen LogP) is 3.24. The van der Waals surface area contributed by atoms with Crippen molar-refractivity contribution in [3.8, 4) is 0 Å². The fourth-order valence-electron chi connectivity index (χ4n) is 2.43. The maximum absolute atomic E-state index is 6.05. The van der Waals surface area contributed by atoms with Gasteiger partial charge in [-0.25, -0.2) is 15.0 Å². The number of halogens is 1. The van der Waals surface area contributed by atoms with Crippen molar-refractivity contribution in [1.29, 1.82) is 0 Å². The van der Waals surface area contributed by atoms with Gasteiger partial charge in [0.2, 0.25) is 5.95 Å². The average Bonchev–Trinajstić information content (AvgIpc) is 3.25. The highest BCUT2D eigenvalue weighted by atomic mass is 35.5. The van der Waals surface area contributed by atoms with Crippen LogP contribution in [0.4, 0.5) is 23.3 Å². The minimum absolute atomic E-state index is 0.628. The molecule has 0 radical (unpaired) electrons. The molecule has 0 amide bonds. The van der Waals surface area contributed by atoms with E-state index >= 15 is 0 Å². The molecule has 0 saturated carbocycles. The van der Waals surface area contributed by atoms with E-state index in [1.807, 2.05) is 36.2 Å². The van der Waals surface area contributed by atoms with Gasteiger partial charge >= 0.3 is 0 Å². The monoisotopic (exact) mass is 340 g/mol. The number of benzene rings is 1. The van der Waals surface area contributed by atoms with Crippen molar-refractivity contribution in [2.24, 2.45) is 0 Å². The Bertz CT molecular complexity index is 978. The third kappa shape index (κ3) is 2.52. The zero-order chi connectivity index (χ0) is 16.5. The van der Waals surface area contributed by atoms with Crippen LogP contribution in [0.3, 0.4) is 0 Å². The number of aromatic nitrogens is 6. The van der Waals surface area contributed by atoms with E-state index in [4.69, 9.17) is 11.6 Å². The summed E-state index contributed by atoms with van der Waals surface area (Å²) in [5, 5.41) is 11.9. The van der Waals surface area contributed by atoms with Gasteiger partial charge in [-0.1, -0.05) is 17.7 Å². The van der Waals surface area contributed by atoms with Gasteiger partial charge in [0, 0.05) is 30.2 Å². The van der Waals surface area contributed by atoms with Gasteiger partial charge in [-0.05, 0) is 18.2 Å². The first kappa shape index (κ1) is 14.5. The Labute approximate surface area is 141 Å². The summed E-state index contributed by atoms with van der Waals surface area (Å²) in [5.41, 5.74) is 1.46. The fourth-order valence-corrected chi connectivity index (χ4v) is 2.62. The lowest BCUT2D eigenvalue weighted by Gasteiger charge is -2.14. The summed E-state index contributed by atoms with van der Waals surface area (Å²) in [4.78, 5) is 17.7. The summed E-state index contributed by atoms with van der Waals surface area (Å²) in [6, 6.07) is 7.42. The highest BCUT2D eigenvalue weighted by Crippen LogP contribution is 2.32. The Hall–Kier alpha value is -3.13. The number of aromatic amines is 2. The fraction of sp³-hybridized carbons (Fsp3) is 0.0667. The molecule has 120 valence electrons. The van der Waals surface area contributed by atoms with Crippen molar-refractivity contribution >= 4 is 45.9 Å². The van der Waals surface area contributed by atoms with Crippen LogP contribution in [0.15, 0.2) is 43.0 Å². The molecule has 3 heterocycles. The van der Waals surface area contributed by atoms with E-state index in [1.165, 1.54) is 6.33 Å². The highest BCUT2D eigenvalue weighted by molar-refractivity contribution is 6.30. The minimum atomic E-state index is 0.628. The number of nitrogens with zero attached hydrogens (tertiary/aromatic N) is 5. The van der Waals surface area contributed by atoms with Crippen LogP contribution in [0, 0.1) is 0 Å². The van der Waals surface area contributed by atoms with Gasteiger partial charge in [-0.15, -0.1) is 0 Å². The molecule has 9 heteroatoms. The van der Waals surface area contributed by atoms with Crippen LogP contribution in [0.5, 0.6) is 0 Å². The first-order chi connectivity index (χ1) is 11.7. The normalized spacial score (nSPS) is 10.9. The molecule has 0 bridgehead atoms. The molecule has 4 rings (SSSR count). The molecule has 0 aliphatic rings. The summed E-state index contributed by atoms with van der Waals surface area (Å²) in [7, 11) is 1.87. The number of rotatable bonds is 4. The lowest BCUT2D eigenvalue weighted by Crippen LogP contribution is -2.12. The van der Waals surface area contributed by atoms with Crippen LogP contribution in [0.2, 0.25) is 5.02 Å². The van der Waals surface area contributed by atoms with Crippen LogP contribution in [-0.2, 0) is 0 Å². The summed E-state index contributed by atoms with van der Waals surface area (Å²) < 4.78 is 0. The Balaban J connectivity index is 1.80. The standard InChI is InChI=1S/C15H13ClN8/c1-24(15-17-5-6-18-15)14-11-12(19-8-20-13(11)22-23-14)21-10-4-2-3-9(16)7-10/h2-8H,1H3,(H,17,18)(H2,19,20,21,22,23). The molecule has 1 aromatic carbocycles. The van der Waals surface area contributed by atoms with E-state index in [-0.39, 0.29) is 0 Å². The maximum atomic E-state index is 6.05. The maximum Gasteiger partial charge on any atom is 0.208 e. The summed E-state index contributed by atoms with van der Waals surface area (Å²) in [5.74, 6) is 1.95. The lowest BCUT2D eigenvalue weighted by atomic mass is 10.3. The number of hydrogen-bond acceptors (Lipinski definition) is 6. The summed E-state index contributed by atoms with van der Waals surface area (Å²) >= 11 is 6.05. The molecule has 0 spiro atoms. The Morgan fingerprint density at radius 1 is 1.21 bits per heavy atom. The van der Waals surface area contributed by atoms with E-state index in [2.05, 4.69) is 35.5 Å². The van der Waals surface area contributed by atoms with Gasteiger partial charge in [-0.2, -0.15) is 5.10 Å². The second-order valence-electron chi connectivity index (χ2n) is 5.10. The summed E-state index contributed by atoms with van der Waals surface area (Å²) in [6.07, 6.45) is 4.91. The first-order valence-corrected chi connectivity index (χ1v) is 7.55. The van der Waals surface area contributed by atoms with Gasteiger partial charge in [-0.3, -0.25) is 10.00 Å². The molecule has 0 atom stereocenters. The Kier molecular flexibility index (Phi) is 3.51. The smallest absolute Gasteiger partial charge is 0.208 e. The topological polar surface area (TPSA) is 98.4 Å². The first-order valence-electron chi connectivity index (χ1n) is 7.17. The van der Waals surface area contributed by atoms with Crippen molar-refractivity contribution in [1.82, 2.24) is 30.1 Å². The number of imidazole rings is 1. The Morgan fingerprint density at radius 3 is 2.92 bits per heavy atom. The van der Waals surface area contributed by atoms with Gasteiger partial charge in [0.1, 0.15) is 17.5 Å². The molecule has 0 unspecified atom stereocenters. The predicted molar refractivity (Wildman–Crippen MR) is 93.1 cm³/mol. The van der Waals surface area contributed by atoms with Crippen molar-refractivity contribution in [3.63, 3.8) is 0 Å². The molecule has 0 fully saturated rings. The number of fused-ring (bicyclic) bond motifs is 1.